The van der Waals surface area contributed by atoms with Crippen molar-refractivity contribution >= 4 is 62.6 Å². The number of likely N-dealkylation sites (tertiary alicyclic amines) is 1. The summed E-state index contributed by atoms with van der Waals surface area (Å²) in [7, 11) is 13.0. The second kappa shape index (κ2) is 62.7. The lowest BCUT2D eigenvalue weighted by molar-refractivity contribution is -0.130. The van der Waals surface area contributed by atoms with Crippen molar-refractivity contribution in [2.24, 2.45) is 31.4 Å². The molecule has 0 aromatic carbocycles. The maximum absolute atomic E-state index is 10.7. The SMILES string of the molecule is CC.CC(=O)N(C)CCN(C)C.CC(=O)N(C)CCS(C)(=O)=O.CC(=O)N1CCCCC1.CC1=NCCC1.CC1=NCCN1.CCN=C(C)N.CN=C1CCCN1.COCCN(C)C(C)=O.COCCN(C)C(C)=O.NCCN1CCOCC1. The van der Waals surface area contributed by atoms with Crippen molar-refractivity contribution in [1.29, 1.82) is 0 Å². The number of hydrogen-bond acceptors (Lipinski definition) is 18. The Morgan fingerprint density at radius 3 is 1.40 bits per heavy atom. The Morgan fingerprint density at radius 1 is 0.667 bits per heavy atom. The molecule has 0 aromatic heterocycles. The van der Waals surface area contributed by atoms with Crippen molar-refractivity contribution in [3.63, 3.8) is 0 Å². The summed E-state index contributed by atoms with van der Waals surface area (Å²) in [5.41, 5.74) is 11.9. The van der Waals surface area contributed by atoms with E-state index < -0.39 is 9.84 Å². The average Bonchev–Trinajstić information content (AvgIpc) is 4.29. The number of amidine groups is 3. The average molecular weight is 1220 g/mol. The number of carbonyl (C=O) groups excluding carboxylic acids is 5. The number of hydrogen-bond donors (Lipinski definition) is 4. The number of aliphatic imine (C=N–C) groups is 4. The standard InChI is InChI=1S/C7H16N2O.C7H13NO.C6H14N2O.C6H13NO3S.2C6H13NO2.C5H10N2.C5H9N.C4H8N2.C4H10N2.C2H6/c1-7(10)9(4)6-5-8(2)3;1-7(9)8-5-3-2-4-6-8;7-1-2-8-3-5-9-6-4-8;1-6(8)7(2)4-5-11(3,9)10;2*1-6(8)7(2)4-5-9-3;1-6-5-3-2-4-7-5;1-5-3-2-4-6-5;1-4-5-2-3-6-4;1-3-6-4(2)5;1-2/h5-6H2,1-4H3;2-6H2,1H3;1-7H2;4-5H2,1-3H3;2*4-5H2,1-3H3;2-4H2,1H3,(H,6,7);2-4H2,1H3;2-3H2,1H3,(H,5,6);3H2,1-2H3,(H2,5,6);1-2H3. The molecule has 0 atom stereocenters. The Kier molecular flexibility index (Phi) is 67.4. The molecule has 0 radical (unpaired) electrons. The molecule has 0 bridgehead atoms. The van der Waals surface area contributed by atoms with Crippen LogP contribution in [0, 0.1) is 0 Å². The molecule has 5 aliphatic heterocycles. The van der Waals surface area contributed by atoms with Crippen LogP contribution in [0.2, 0.25) is 0 Å². The van der Waals surface area contributed by atoms with Gasteiger partial charge in [-0.05, 0) is 80.3 Å². The largest absolute Gasteiger partial charge is 0.388 e. The van der Waals surface area contributed by atoms with E-state index in [0.29, 0.717) is 32.1 Å². The minimum absolute atomic E-state index is 0.0308. The number of ether oxygens (including phenoxy) is 3. The number of nitrogens with zero attached hydrogens (tertiary/aromatic N) is 11. The van der Waals surface area contributed by atoms with Crippen LogP contribution in [0.5, 0.6) is 0 Å². The third-order valence-corrected chi connectivity index (χ3v) is 12.9. The van der Waals surface area contributed by atoms with Gasteiger partial charge in [0, 0.05) is 201 Å². The van der Waals surface area contributed by atoms with E-state index >= 15 is 0 Å². The number of nitrogens with two attached hydrogens (primary N) is 2. The zero-order chi connectivity index (χ0) is 65.9. The Morgan fingerprint density at radius 2 is 1.15 bits per heavy atom. The van der Waals surface area contributed by atoms with Gasteiger partial charge in [-0.15, -0.1) is 0 Å². The highest BCUT2D eigenvalue weighted by atomic mass is 32.2. The summed E-state index contributed by atoms with van der Waals surface area (Å²) < 4.78 is 35.9. The first-order valence-corrected chi connectivity index (χ1v) is 31.7. The van der Waals surface area contributed by atoms with Crippen LogP contribution >= 0.6 is 0 Å². The number of rotatable bonds is 15. The van der Waals surface area contributed by atoms with Crippen molar-refractivity contribution in [2.45, 2.75) is 121 Å². The van der Waals surface area contributed by atoms with Crippen LogP contribution in [-0.4, -0.2) is 302 Å². The third-order valence-electron chi connectivity index (χ3n) is 12.0. The van der Waals surface area contributed by atoms with E-state index in [1.54, 1.807) is 70.8 Å². The summed E-state index contributed by atoms with van der Waals surface area (Å²) >= 11 is 0. The van der Waals surface area contributed by atoms with Crippen LogP contribution in [0.3, 0.4) is 0 Å². The molecule has 5 amide bonds. The first-order valence-electron chi connectivity index (χ1n) is 29.6. The summed E-state index contributed by atoms with van der Waals surface area (Å²) in [6.45, 7) is 36.7. The molecule has 498 valence electrons. The number of piperidine rings is 1. The van der Waals surface area contributed by atoms with Gasteiger partial charge in [0.05, 0.1) is 56.2 Å². The van der Waals surface area contributed by atoms with Gasteiger partial charge in [0.2, 0.25) is 29.5 Å². The molecule has 0 aliphatic carbocycles. The number of carbonyl (C=O) groups is 5. The highest BCUT2D eigenvalue weighted by molar-refractivity contribution is 7.90. The van der Waals surface area contributed by atoms with Gasteiger partial charge in [0.15, 0.2) is 0 Å². The zero-order valence-electron chi connectivity index (χ0n) is 56.9. The van der Waals surface area contributed by atoms with E-state index in [9.17, 15) is 32.4 Å². The molecule has 3 fully saturated rings. The maximum Gasteiger partial charge on any atom is 0.219 e. The second-order valence-corrected chi connectivity index (χ2v) is 22.2. The molecular weight excluding hydrogens is 1100 g/mol. The van der Waals surface area contributed by atoms with Gasteiger partial charge in [-0.2, -0.15) is 0 Å². The lowest BCUT2D eigenvalue weighted by atomic mass is 10.1. The minimum Gasteiger partial charge on any atom is -0.388 e. The van der Waals surface area contributed by atoms with Gasteiger partial charge < -0.3 is 65.7 Å². The van der Waals surface area contributed by atoms with Crippen molar-refractivity contribution in [1.82, 2.24) is 44.9 Å². The predicted octanol–water partition coefficient (Wildman–Crippen LogP) is 3.11. The van der Waals surface area contributed by atoms with Crippen molar-refractivity contribution in [3.05, 3.63) is 0 Å². The van der Waals surface area contributed by atoms with E-state index in [1.807, 2.05) is 60.8 Å². The van der Waals surface area contributed by atoms with E-state index in [2.05, 4.69) is 47.3 Å². The number of morpholine rings is 1. The minimum atomic E-state index is -2.95. The molecule has 26 heteroatoms. The molecule has 25 nitrogen and oxygen atoms in total. The predicted molar refractivity (Wildman–Crippen MR) is 351 cm³/mol. The van der Waals surface area contributed by atoms with Gasteiger partial charge in [-0.1, -0.05) is 13.8 Å². The summed E-state index contributed by atoms with van der Waals surface area (Å²) in [5.74, 6) is 3.33. The molecular formula is C58H125N15O10S. The molecule has 0 spiro atoms. The van der Waals surface area contributed by atoms with Crippen LogP contribution in [0.25, 0.3) is 0 Å². The lowest BCUT2D eigenvalue weighted by Crippen LogP contribution is -2.39. The fourth-order valence-electron chi connectivity index (χ4n) is 6.17. The third kappa shape index (κ3) is 71.4. The molecule has 5 aliphatic rings. The molecule has 0 aromatic rings. The van der Waals surface area contributed by atoms with Crippen molar-refractivity contribution < 1.29 is 46.6 Å². The summed E-state index contributed by atoms with van der Waals surface area (Å²) in [6, 6.07) is 0. The van der Waals surface area contributed by atoms with Crippen molar-refractivity contribution in [2.75, 3.05) is 207 Å². The summed E-state index contributed by atoms with van der Waals surface area (Å²) in [4.78, 5) is 81.6. The highest BCUT2D eigenvalue weighted by Gasteiger charge is 2.12. The topological polar surface area (TPSA) is 295 Å². The Labute approximate surface area is 511 Å². The Bertz CT molecular complexity index is 1800. The van der Waals surface area contributed by atoms with E-state index in [1.165, 1.54) is 75.7 Å². The monoisotopic (exact) mass is 1220 g/mol. The smallest absolute Gasteiger partial charge is 0.219 e. The van der Waals surface area contributed by atoms with E-state index in [0.717, 1.165) is 117 Å². The number of methoxy groups -OCH3 is 2. The fourth-order valence-corrected chi connectivity index (χ4v) is 6.78. The van der Waals surface area contributed by atoms with Crippen LogP contribution in [-0.2, 0) is 48.0 Å². The summed E-state index contributed by atoms with van der Waals surface area (Å²) in [6.07, 6.45) is 9.76. The number of nitrogens with one attached hydrogen (secondary N) is 2. The van der Waals surface area contributed by atoms with Crippen LogP contribution in [0.4, 0.5) is 0 Å². The normalized spacial score (nSPS) is 15.2. The molecule has 0 saturated carbocycles. The number of sulfone groups is 1. The first-order chi connectivity index (χ1) is 39.5. The molecule has 3 saturated heterocycles. The number of amides is 5. The summed E-state index contributed by atoms with van der Waals surface area (Å²) in [5, 5.41) is 6.23. The van der Waals surface area contributed by atoms with Crippen molar-refractivity contribution in [3.8, 4) is 0 Å². The first kappa shape index (κ1) is 90.3. The molecule has 84 heavy (non-hydrogen) atoms. The highest BCUT2D eigenvalue weighted by Crippen LogP contribution is 2.08. The van der Waals surface area contributed by atoms with Gasteiger partial charge >= 0.3 is 0 Å². The quantitative estimate of drug-likeness (QED) is 0.135. The van der Waals surface area contributed by atoms with E-state index in [-0.39, 0.29) is 41.8 Å². The van der Waals surface area contributed by atoms with Crippen LogP contribution < -0.4 is 22.1 Å². The fraction of sp³-hybridized carbons (Fsp3) is 0.845. The molecule has 0 unspecified atom stereocenters. The van der Waals surface area contributed by atoms with Gasteiger partial charge in [0.1, 0.15) is 9.84 Å². The Balaban J connectivity index is -0.000000201. The Hall–Kier alpha value is -4.86. The van der Waals surface area contributed by atoms with E-state index in [4.69, 9.17) is 25.7 Å². The van der Waals surface area contributed by atoms with Crippen LogP contribution in [0.15, 0.2) is 20.0 Å². The lowest BCUT2D eigenvalue weighted by Gasteiger charge is -2.25. The van der Waals surface area contributed by atoms with Crippen LogP contribution in [0.1, 0.15) is 121 Å². The molecule has 5 rings (SSSR count). The second-order valence-electron chi connectivity index (χ2n) is 19.9. The van der Waals surface area contributed by atoms with Gasteiger partial charge in [-0.3, -0.25) is 48.8 Å². The molecule has 6 N–H and O–H groups in total. The van der Waals surface area contributed by atoms with Gasteiger partial charge in [-0.25, -0.2) is 8.42 Å². The zero-order valence-corrected chi connectivity index (χ0v) is 57.7. The maximum atomic E-state index is 10.7. The molecule has 5 heterocycles. The van der Waals surface area contributed by atoms with Gasteiger partial charge in [0.25, 0.3) is 0 Å². The number of likely N-dealkylation sites (N-methyl/N-ethyl adjacent to an activating group) is 4.